The number of carboxylic acids is 1. The van der Waals surface area contributed by atoms with E-state index in [1.807, 2.05) is 37.3 Å². The first-order valence-electron chi connectivity index (χ1n) is 6.80. The minimum Gasteiger partial charge on any atom is -0.481 e. The van der Waals surface area contributed by atoms with Crippen LogP contribution in [0.3, 0.4) is 0 Å². The monoisotopic (exact) mass is 279 g/mol. The van der Waals surface area contributed by atoms with Crippen LogP contribution in [0, 0.1) is 0 Å². The third-order valence-corrected chi connectivity index (χ3v) is 2.86. The van der Waals surface area contributed by atoms with Crippen LogP contribution < -0.4 is 5.32 Å². The molecule has 0 radical (unpaired) electrons. The molecule has 0 heterocycles. The van der Waals surface area contributed by atoms with Gasteiger partial charge in [0.15, 0.2) is 0 Å². The standard InChI is InChI=1S/C15H21NO4/c1-2-3-9-13(10-14(17)18)16-15(19)20-11-12-7-5-4-6-8-12/h4-8,13H,2-3,9-11H2,1H3,(H,16,19)(H,17,18)/t13-/m0/s1. The molecular formula is C15H21NO4. The maximum Gasteiger partial charge on any atom is 0.407 e. The molecule has 110 valence electrons. The van der Waals surface area contributed by atoms with Crippen molar-refractivity contribution in [3.05, 3.63) is 35.9 Å². The maximum atomic E-state index is 11.6. The van der Waals surface area contributed by atoms with Crippen molar-refractivity contribution < 1.29 is 19.4 Å². The molecule has 0 aliphatic carbocycles. The Morgan fingerprint density at radius 1 is 1.30 bits per heavy atom. The van der Waals surface area contributed by atoms with E-state index in [-0.39, 0.29) is 19.1 Å². The summed E-state index contributed by atoms with van der Waals surface area (Å²) >= 11 is 0. The molecule has 1 aromatic carbocycles. The molecule has 0 fully saturated rings. The number of amides is 1. The van der Waals surface area contributed by atoms with Crippen LogP contribution >= 0.6 is 0 Å². The molecule has 20 heavy (non-hydrogen) atoms. The molecule has 5 nitrogen and oxygen atoms in total. The van der Waals surface area contributed by atoms with Crippen molar-refractivity contribution >= 4 is 12.1 Å². The van der Waals surface area contributed by atoms with Gasteiger partial charge < -0.3 is 15.2 Å². The van der Waals surface area contributed by atoms with E-state index in [9.17, 15) is 9.59 Å². The summed E-state index contributed by atoms with van der Waals surface area (Å²) in [5.74, 6) is -0.922. The Morgan fingerprint density at radius 3 is 2.60 bits per heavy atom. The Bertz CT molecular complexity index is 419. The Labute approximate surface area is 118 Å². The molecule has 5 heteroatoms. The number of carboxylic acid groups (broad SMARTS) is 1. The average Bonchev–Trinajstić information content (AvgIpc) is 2.43. The maximum absolute atomic E-state index is 11.6. The molecule has 0 unspecified atom stereocenters. The van der Waals surface area contributed by atoms with E-state index in [4.69, 9.17) is 9.84 Å². The van der Waals surface area contributed by atoms with Gasteiger partial charge in [0.1, 0.15) is 6.61 Å². The molecule has 1 aromatic rings. The van der Waals surface area contributed by atoms with Crippen molar-refractivity contribution in [3.63, 3.8) is 0 Å². The fourth-order valence-electron chi connectivity index (χ4n) is 1.82. The summed E-state index contributed by atoms with van der Waals surface area (Å²) in [6, 6.07) is 8.96. The summed E-state index contributed by atoms with van der Waals surface area (Å²) in [4.78, 5) is 22.4. The number of carbonyl (C=O) groups excluding carboxylic acids is 1. The van der Waals surface area contributed by atoms with Crippen LogP contribution in [0.15, 0.2) is 30.3 Å². The highest BCUT2D eigenvalue weighted by atomic mass is 16.5. The molecule has 0 aliphatic heterocycles. The minimum absolute atomic E-state index is 0.0829. The molecule has 0 spiro atoms. The summed E-state index contributed by atoms with van der Waals surface area (Å²) < 4.78 is 5.08. The summed E-state index contributed by atoms with van der Waals surface area (Å²) in [6.45, 7) is 2.20. The predicted molar refractivity (Wildman–Crippen MR) is 75.3 cm³/mol. The zero-order valence-corrected chi connectivity index (χ0v) is 11.7. The van der Waals surface area contributed by atoms with Gasteiger partial charge in [-0.3, -0.25) is 4.79 Å². The van der Waals surface area contributed by atoms with Gasteiger partial charge in [-0.25, -0.2) is 4.79 Å². The number of benzene rings is 1. The zero-order chi connectivity index (χ0) is 14.8. The lowest BCUT2D eigenvalue weighted by Crippen LogP contribution is -2.36. The molecule has 1 rings (SSSR count). The normalized spacial score (nSPS) is 11.7. The number of hydrogen-bond donors (Lipinski definition) is 2. The van der Waals surface area contributed by atoms with Crippen LogP contribution in [0.25, 0.3) is 0 Å². The lowest BCUT2D eigenvalue weighted by molar-refractivity contribution is -0.137. The summed E-state index contributed by atoms with van der Waals surface area (Å²) in [6.07, 6.45) is 1.81. The van der Waals surface area contributed by atoms with Crippen molar-refractivity contribution in [2.75, 3.05) is 0 Å². The lowest BCUT2D eigenvalue weighted by Gasteiger charge is -2.16. The highest BCUT2D eigenvalue weighted by molar-refractivity contribution is 5.71. The first-order valence-corrected chi connectivity index (χ1v) is 6.80. The van der Waals surface area contributed by atoms with Crippen molar-refractivity contribution in [1.82, 2.24) is 5.32 Å². The van der Waals surface area contributed by atoms with Crippen LogP contribution in [0.2, 0.25) is 0 Å². The predicted octanol–water partition coefficient (Wildman–Crippen LogP) is 2.95. The number of alkyl carbamates (subject to hydrolysis) is 1. The first kappa shape index (κ1) is 16.0. The van der Waals surface area contributed by atoms with Crippen LogP contribution in [-0.2, 0) is 16.1 Å². The second kappa shape index (κ2) is 8.96. The minimum atomic E-state index is -0.922. The molecule has 2 N–H and O–H groups in total. The Balaban J connectivity index is 2.38. The molecule has 0 aliphatic rings. The molecule has 0 bridgehead atoms. The summed E-state index contributed by atoms with van der Waals surface area (Å²) in [7, 11) is 0. The number of hydrogen-bond acceptors (Lipinski definition) is 3. The second-order valence-electron chi connectivity index (χ2n) is 4.64. The van der Waals surface area contributed by atoms with E-state index in [0.29, 0.717) is 6.42 Å². The number of nitrogens with one attached hydrogen (secondary N) is 1. The van der Waals surface area contributed by atoms with Gasteiger partial charge in [0.25, 0.3) is 0 Å². The molecular weight excluding hydrogens is 258 g/mol. The molecule has 0 saturated heterocycles. The van der Waals surface area contributed by atoms with E-state index < -0.39 is 12.1 Å². The van der Waals surface area contributed by atoms with Gasteiger partial charge >= 0.3 is 12.1 Å². The fourth-order valence-corrected chi connectivity index (χ4v) is 1.82. The molecule has 1 amide bonds. The number of rotatable bonds is 8. The van der Waals surface area contributed by atoms with Gasteiger partial charge in [-0.2, -0.15) is 0 Å². The van der Waals surface area contributed by atoms with E-state index in [0.717, 1.165) is 18.4 Å². The van der Waals surface area contributed by atoms with Crippen LogP contribution in [0.1, 0.15) is 38.2 Å². The van der Waals surface area contributed by atoms with Crippen LogP contribution in [-0.4, -0.2) is 23.2 Å². The molecule has 1 atom stereocenters. The van der Waals surface area contributed by atoms with Gasteiger partial charge in [0, 0.05) is 6.04 Å². The SMILES string of the molecule is CCCC[C@@H](CC(=O)O)NC(=O)OCc1ccccc1. The third kappa shape index (κ3) is 6.78. The average molecular weight is 279 g/mol. The van der Waals surface area contributed by atoms with Gasteiger partial charge in [0.2, 0.25) is 0 Å². The van der Waals surface area contributed by atoms with Gasteiger partial charge in [0.05, 0.1) is 6.42 Å². The zero-order valence-electron chi connectivity index (χ0n) is 11.7. The Kier molecular flexibility index (Phi) is 7.17. The number of carbonyl (C=O) groups is 2. The quantitative estimate of drug-likeness (QED) is 0.767. The first-order chi connectivity index (χ1) is 9.61. The Morgan fingerprint density at radius 2 is 2.00 bits per heavy atom. The van der Waals surface area contributed by atoms with E-state index in [1.165, 1.54) is 0 Å². The smallest absolute Gasteiger partial charge is 0.407 e. The van der Waals surface area contributed by atoms with Gasteiger partial charge in [-0.05, 0) is 12.0 Å². The van der Waals surface area contributed by atoms with E-state index in [1.54, 1.807) is 0 Å². The van der Waals surface area contributed by atoms with Crippen molar-refractivity contribution in [1.29, 1.82) is 0 Å². The van der Waals surface area contributed by atoms with Crippen LogP contribution in [0.5, 0.6) is 0 Å². The molecule has 0 saturated carbocycles. The number of unbranched alkanes of at least 4 members (excludes halogenated alkanes) is 1. The van der Waals surface area contributed by atoms with E-state index in [2.05, 4.69) is 5.32 Å². The van der Waals surface area contributed by atoms with Crippen molar-refractivity contribution in [2.24, 2.45) is 0 Å². The lowest BCUT2D eigenvalue weighted by atomic mass is 10.1. The van der Waals surface area contributed by atoms with Crippen molar-refractivity contribution in [3.8, 4) is 0 Å². The third-order valence-electron chi connectivity index (χ3n) is 2.86. The second-order valence-corrected chi connectivity index (χ2v) is 4.64. The highest BCUT2D eigenvalue weighted by Gasteiger charge is 2.16. The number of aliphatic carboxylic acids is 1. The van der Waals surface area contributed by atoms with Crippen LogP contribution in [0.4, 0.5) is 4.79 Å². The summed E-state index contributed by atoms with van der Waals surface area (Å²) in [5.41, 5.74) is 0.894. The van der Waals surface area contributed by atoms with Gasteiger partial charge in [-0.1, -0.05) is 50.1 Å². The molecule has 0 aromatic heterocycles. The Hall–Kier alpha value is -2.04. The number of ether oxygens (including phenoxy) is 1. The van der Waals surface area contributed by atoms with Gasteiger partial charge in [-0.15, -0.1) is 0 Å². The van der Waals surface area contributed by atoms with E-state index >= 15 is 0 Å². The largest absolute Gasteiger partial charge is 0.481 e. The van der Waals surface area contributed by atoms with Crippen molar-refractivity contribution in [2.45, 2.75) is 45.3 Å². The fraction of sp³-hybridized carbons (Fsp3) is 0.467. The highest BCUT2D eigenvalue weighted by Crippen LogP contribution is 2.06. The summed E-state index contributed by atoms with van der Waals surface area (Å²) in [5, 5.41) is 11.4. The topological polar surface area (TPSA) is 75.6 Å².